The van der Waals surface area contributed by atoms with Crippen molar-refractivity contribution in [2.45, 2.75) is 13.8 Å². The Hall–Kier alpha value is -2.82. The summed E-state index contributed by atoms with van der Waals surface area (Å²) in [4.78, 5) is 31.1. The molecule has 0 saturated heterocycles. The lowest BCUT2D eigenvalue weighted by Crippen LogP contribution is -2.17. The van der Waals surface area contributed by atoms with E-state index in [1.165, 1.54) is 0 Å². The molecule has 0 atom stereocenters. The number of esters is 1. The van der Waals surface area contributed by atoms with Gasteiger partial charge in [-0.25, -0.2) is 4.79 Å². The molecule has 0 saturated carbocycles. The standard InChI is InChI=1S/C17H16N2O3/c1-3-22-17(21)15-14(13-5-4-8-18-13)16(20)11-9-10(2)6-7-12(11)19-15/h4-9,18H,3H2,1-2H3,(H,19,20). The second kappa shape index (κ2) is 5.52. The second-order valence-electron chi connectivity index (χ2n) is 5.06. The Morgan fingerprint density at radius 3 is 2.77 bits per heavy atom. The third kappa shape index (κ3) is 2.30. The largest absolute Gasteiger partial charge is 0.461 e. The molecule has 2 N–H and O–H groups in total. The van der Waals surface area contributed by atoms with E-state index in [2.05, 4.69) is 9.97 Å². The van der Waals surface area contributed by atoms with E-state index in [-0.39, 0.29) is 17.7 Å². The molecule has 5 heteroatoms. The first-order chi connectivity index (χ1) is 10.6. The number of ether oxygens (including phenoxy) is 1. The van der Waals surface area contributed by atoms with Crippen LogP contribution >= 0.6 is 0 Å². The number of benzene rings is 1. The average molecular weight is 296 g/mol. The van der Waals surface area contributed by atoms with Crippen molar-refractivity contribution in [1.29, 1.82) is 0 Å². The molecule has 2 heterocycles. The fraction of sp³-hybridized carbons (Fsp3) is 0.176. The molecule has 5 nitrogen and oxygen atoms in total. The molecule has 0 amide bonds. The van der Waals surface area contributed by atoms with Crippen LogP contribution in [-0.4, -0.2) is 22.5 Å². The van der Waals surface area contributed by atoms with Crippen molar-refractivity contribution in [3.05, 3.63) is 58.0 Å². The van der Waals surface area contributed by atoms with Crippen molar-refractivity contribution in [2.75, 3.05) is 6.61 Å². The highest BCUT2D eigenvalue weighted by molar-refractivity contribution is 5.98. The van der Waals surface area contributed by atoms with Gasteiger partial charge in [-0.2, -0.15) is 0 Å². The van der Waals surface area contributed by atoms with Crippen LogP contribution in [0, 0.1) is 6.92 Å². The molecule has 0 bridgehead atoms. The fourth-order valence-corrected chi connectivity index (χ4v) is 2.50. The average Bonchev–Trinajstić information content (AvgIpc) is 3.02. The molecule has 3 aromatic rings. The Morgan fingerprint density at radius 1 is 1.27 bits per heavy atom. The van der Waals surface area contributed by atoms with E-state index in [0.717, 1.165) is 5.56 Å². The normalized spacial score (nSPS) is 10.8. The van der Waals surface area contributed by atoms with Crippen LogP contribution in [-0.2, 0) is 4.74 Å². The highest BCUT2D eigenvalue weighted by Gasteiger charge is 2.20. The SMILES string of the molecule is CCOC(=O)c1[nH]c2ccc(C)cc2c(=O)c1-c1ccc[nH]1. The first-order valence-electron chi connectivity index (χ1n) is 7.09. The van der Waals surface area contributed by atoms with Gasteiger partial charge in [0.05, 0.1) is 17.9 Å². The number of hydrogen-bond donors (Lipinski definition) is 2. The van der Waals surface area contributed by atoms with Crippen LogP contribution in [0.5, 0.6) is 0 Å². The number of rotatable bonds is 3. The van der Waals surface area contributed by atoms with Crippen LogP contribution < -0.4 is 5.43 Å². The van der Waals surface area contributed by atoms with E-state index in [1.54, 1.807) is 31.3 Å². The lowest BCUT2D eigenvalue weighted by Gasteiger charge is -2.10. The van der Waals surface area contributed by atoms with Crippen LogP contribution in [0.1, 0.15) is 23.0 Å². The molecule has 22 heavy (non-hydrogen) atoms. The topological polar surface area (TPSA) is 75.0 Å². The molecule has 0 fully saturated rings. The second-order valence-corrected chi connectivity index (χ2v) is 5.06. The quantitative estimate of drug-likeness (QED) is 0.730. The molecular weight excluding hydrogens is 280 g/mol. The van der Waals surface area contributed by atoms with E-state index in [0.29, 0.717) is 22.2 Å². The molecule has 0 aliphatic carbocycles. The van der Waals surface area contributed by atoms with Crippen LogP contribution in [0.25, 0.3) is 22.2 Å². The summed E-state index contributed by atoms with van der Waals surface area (Å²) in [5.41, 5.74) is 2.48. The molecule has 0 radical (unpaired) electrons. The minimum Gasteiger partial charge on any atom is -0.461 e. The number of aromatic nitrogens is 2. The number of H-pyrrole nitrogens is 2. The number of pyridine rings is 1. The van der Waals surface area contributed by atoms with Gasteiger partial charge in [0.1, 0.15) is 5.69 Å². The smallest absolute Gasteiger partial charge is 0.355 e. The Balaban J connectivity index is 2.37. The van der Waals surface area contributed by atoms with E-state index >= 15 is 0 Å². The lowest BCUT2D eigenvalue weighted by molar-refractivity contribution is 0.0521. The van der Waals surface area contributed by atoms with Gasteiger partial charge in [0.2, 0.25) is 0 Å². The molecule has 0 aliphatic rings. The maximum Gasteiger partial charge on any atom is 0.355 e. The van der Waals surface area contributed by atoms with Crippen LogP contribution in [0.3, 0.4) is 0 Å². The lowest BCUT2D eigenvalue weighted by atomic mass is 10.0. The summed E-state index contributed by atoms with van der Waals surface area (Å²) < 4.78 is 5.07. The predicted molar refractivity (Wildman–Crippen MR) is 85.0 cm³/mol. The number of carbonyl (C=O) groups is 1. The highest BCUT2D eigenvalue weighted by atomic mass is 16.5. The zero-order valence-electron chi connectivity index (χ0n) is 12.4. The number of carbonyl (C=O) groups excluding carboxylic acids is 1. The molecule has 1 aromatic carbocycles. The van der Waals surface area contributed by atoms with Crippen molar-refractivity contribution in [3.8, 4) is 11.3 Å². The Kier molecular flexibility index (Phi) is 3.55. The zero-order valence-corrected chi connectivity index (χ0v) is 12.4. The van der Waals surface area contributed by atoms with Crippen molar-refractivity contribution >= 4 is 16.9 Å². The van der Waals surface area contributed by atoms with Gasteiger partial charge in [-0.05, 0) is 38.1 Å². The van der Waals surface area contributed by atoms with Gasteiger partial charge in [0.25, 0.3) is 0 Å². The molecule has 2 aromatic heterocycles. The highest BCUT2D eigenvalue weighted by Crippen LogP contribution is 2.22. The van der Waals surface area contributed by atoms with Gasteiger partial charge in [-0.1, -0.05) is 11.6 Å². The summed E-state index contributed by atoms with van der Waals surface area (Å²) in [6, 6.07) is 9.05. The molecule has 112 valence electrons. The first-order valence-corrected chi connectivity index (χ1v) is 7.09. The first kappa shape index (κ1) is 14.1. The summed E-state index contributed by atoms with van der Waals surface area (Å²) >= 11 is 0. The van der Waals surface area contributed by atoms with Crippen LogP contribution in [0.15, 0.2) is 41.3 Å². The van der Waals surface area contributed by atoms with Crippen molar-refractivity contribution in [1.82, 2.24) is 9.97 Å². The number of aryl methyl sites for hydroxylation is 1. The summed E-state index contributed by atoms with van der Waals surface area (Å²) in [7, 11) is 0. The third-order valence-electron chi connectivity index (χ3n) is 3.50. The van der Waals surface area contributed by atoms with E-state index < -0.39 is 5.97 Å². The van der Waals surface area contributed by atoms with Crippen LogP contribution in [0.4, 0.5) is 0 Å². The van der Waals surface area contributed by atoms with Crippen molar-refractivity contribution < 1.29 is 9.53 Å². The van der Waals surface area contributed by atoms with E-state index in [1.807, 2.05) is 19.1 Å². The summed E-state index contributed by atoms with van der Waals surface area (Å²) in [6.45, 7) is 3.90. The third-order valence-corrected chi connectivity index (χ3v) is 3.50. The minimum absolute atomic E-state index is 0.172. The van der Waals surface area contributed by atoms with Gasteiger partial charge in [-0.3, -0.25) is 4.79 Å². The molecule has 0 spiro atoms. The van der Waals surface area contributed by atoms with Gasteiger partial charge in [0, 0.05) is 17.1 Å². The van der Waals surface area contributed by atoms with Crippen LogP contribution in [0.2, 0.25) is 0 Å². The van der Waals surface area contributed by atoms with Crippen molar-refractivity contribution in [3.63, 3.8) is 0 Å². The molecule has 0 aliphatic heterocycles. The summed E-state index contributed by atoms with van der Waals surface area (Å²) in [6.07, 6.45) is 1.71. The maximum atomic E-state index is 12.9. The monoisotopic (exact) mass is 296 g/mol. The van der Waals surface area contributed by atoms with Gasteiger partial charge in [0.15, 0.2) is 5.43 Å². The Morgan fingerprint density at radius 2 is 2.09 bits per heavy atom. The van der Waals surface area contributed by atoms with E-state index in [9.17, 15) is 9.59 Å². The summed E-state index contributed by atoms with van der Waals surface area (Å²) in [5, 5.41) is 0.553. The maximum absolute atomic E-state index is 12.9. The zero-order chi connectivity index (χ0) is 15.7. The number of fused-ring (bicyclic) bond motifs is 1. The molecular formula is C17H16N2O3. The predicted octanol–water partition coefficient (Wildman–Crippen LogP) is 3.01. The number of aromatic amines is 2. The van der Waals surface area contributed by atoms with Gasteiger partial charge >= 0.3 is 5.97 Å². The van der Waals surface area contributed by atoms with E-state index in [4.69, 9.17) is 4.74 Å². The Bertz CT molecular complexity index is 892. The minimum atomic E-state index is -0.535. The van der Waals surface area contributed by atoms with Gasteiger partial charge < -0.3 is 14.7 Å². The van der Waals surface area contributed by atoms with Crippen molar-refractivity contribution in [2.24, 2.45) is 0 Å². The number of nitrogens with one attached hydrogen (secondary N) is 2. The van der Waals surface area contributed by atoms with Gasteiger partial charge in [-0.15, -0.1) is 0 Å². The Labute approximate surface area is 126 Å². The number of hydrogen-bond acceptors (Lipinski definition) is 3. The molecule has 0 unspecified atom stereocenters. The molecule has 3 rings (SSSR count). The summed E-state index contributed by atoms with van der Waals surface area (Å²) in [5.74, 6) is -0.535. The fourth-order valence-electron chi connectivity index (χ4n) is 2.50.